The average molecular weight is 372 g/mol. The predicted octanol–water partition coefficient (Wildman–Crippen LogP) is 2.75. The normalized spacial score (nSPS) is 15.6. The number of aryl methyl sites for hydroxylation is 1. The van der Waals surface area contributed by atoms with Crippen molar-refractivity contribution in [2.24, 2.45) is 5.92 Å². The van der Waals surface area contributed by atoms with Crippen LogP contribution < -0.4 is 9.62 Å². The molecule has 138 valence electrons. The van der Waals surface area contributed by atoms with Gasteiger partial charge in [0.2, 0.25) is 15.9 Å². The first-order valence-electron chi connectivity index (χ1n) is 8.80. The van der Waals surface area contributed by atoms with E-state index in [9.17, 15) is 13.2 Å². The maximum absolute atomic E-state index is 12.6. The minimum Gasteiger partial charge on any atom is -0.315 e. The van der Waals surface area contributed by atoms with Crippen molar-refractivity contribution in [3.63, 3.8) is 0 Å². The summed E-state index contributed by atoms with van der Waals surface area (Å²) in [7, 11) is -1.85. The molecule has 0 aromatic heterocycles. The molecule has 1 aliphatic rings. The molecule has 1 unspecified atom stereocenters. The molecule has 0 saturated carbocycles. The second kappa shape index (κ2) is 7.60. The predicted molar refractivity (Wildman–Crippen MR) is 103 cm³/mol. The smallest absolute Gasteiger partial charge is 0.240 e. The average Bonchev–Trinajstić information content (AvgIpc) is 2.64. The molecule has 2 aromatic carbocycles. The summed E-state index contributed by atoms with van der Waals surface area (Å²) in [5, 5.41) is 0. The Balaban J connectivity index is 1.68. The van der Waals surface area contributed by atoms with Gasteiger partial charge in [0, 0.05) is 25.7 Å². The molecule has 5 nitrogen and oxygen atoms in total. The molecule has 0 fully saturated rings. The lowest BCUT2D eigenvalue weighted by molar-refractivity contribution is -0.118. The van der Waals surface area contributed by atoms with Crippen molar-refractivity contribution >= 4 is 21.6 Å². The molecule has 1 atom stereocenters. The van der Waals surface area contributed by atoms with Crippen molar-refractivity contribution in [2.45, 2.75) is 31.1 Å². The molecule has 26 heavy (non-hydrogen) atoms. The van der Waals surface area contributed by atoms with Gasteiger partial charge in [0.15, 0.2) is 0 Å². The minimum absolute atomic E-state index is 0.0565. The Morgan fingerprint density at radius 2 is 1.85 bits per heavy atom. The van der Waals surface area contributed by atoms with E-state index >= 15 is 0 Å². The van der Waals surface area contributed by atoms with Gasteiger partial charge in [-0.25, -0.2) is 13.1 Å². The maximum Gasteiger partial charge on any atom is 0.240 e. The lowest BCUT2D eigenvalue weighted by Gasteiger charge is -2.26. The molecule has 3 rings (SSSR count). The summed E-state index contributed by atoms with van der Waals surface area (Å²) in [5.41, 5.74) is 2.88. The van der Waals surface area contributed by atoms with Crippen LogP contribution in [-0.2, 0) is 27.7 Å². The molecule has 0 spiro atoms. The molecule has 2 aromatic rings. The van der Waals surface area contributed by atoms with Crippen LogP contribution in [0.2, 0.25) is 0 Å². The fourth-order valence-corrected chi connectivity index (χ4v) is 4.44. The van der Waals surface area contributed by atoms with E-state index in [2.05, 4.69) is 4.72 Å². The molecule has 1 amide bonds. The van der Waals surface area contributed by atoms with Crippen molar-refractivity contribution in [1.29, 1.82) is 0 Å². The van der Waals surface area contributed by atoms with E-state index in [4.69, 9.17) is 0 Å². The number of benzene rings is 2. The third kappa shape index (κ3) is 4.14. The molecule has 6 heteroatoms. The molecule has 0 bridgehead atoms. The van der Waals surface area contributed by atoms with Crippen molar-refractivity contribution in [3.8, 4) is 0 Å². The summed E-state index contributed by atoms with van der Waals surface area (Å²) in [4.78, 5) is 13.6. The van der Waals surface area contributed by atoms with Crippen LogP contribution in [0.4, 0.5) is 5.69 Å². The summed E-state index contributed by atoms with van der Waals surface area (Å²) in [6, 6.07) is 15.0. The second-order valence-electron chi connectivity index (χ2n) is 6.89. The van der Waals surface area contributed by atoms with Crippen molar-refractivity contribution in [3.05, 3.63) is 59.7 Å². The van der Waals surface area contributed by atoms with Crippen LogP contribution in [0.25, 0.3) is 0 Å². The van der Waals surface area contributed by atoms with E-state index in [1.54, 1.807) is 30.1 Å². The molecule has 0 aliphatic carbocycles. The van der Waals surface area contributed by atoms with Gasteiger partial charge in [-0.2, -0.15) is 0 Å². The van der Waals surface area contributed by atoms with E-state index in [0.29, 0.717) is 19.4 Å². The van der Waals surface area contributed by atoms with Crippen LogP contribution in [0.3, 0.4) is 0 Å². The number of amides is 1. The van der Waals surface area contributed by atoms with Crippen LogP contribution in [0.5, 0.6) is 0 Å². The number of nitrogens with zero attached hydrogens (tertiary/aromatic N) is 1. The second-order valence-corrected chi connectivity index (χ2v) is 8.66. The molecular weight excluding hydrogens is 348 g/mol. The molecule has 1 N–H and O–H groups in total. The zero-order valence-corrected chi connectivity index (χ0v) is 15.9. The highest BCUT2D eigenvalue weighted by molar-refractivity contribution is 7.89. The molecular formula is C20H24N2O3S. The number of rotatable bonds is 6. The third-order valence-corrected chi connectivity index (χ3v) is 6.17. The SMILES string of the molecule is CC(CNS(=O)(=O)c1ccc2c(c1)CCC(=O)N2C)Cc1ccccc1. The Bertz CT molecular complexity index is 895. The maximum atomic E-state index is 12.6. The summed E-state index contributed by atoms with van der Waals surface area (Å²) in [6.07, 6.45) is 1.81. The topological polar surface area (TPSA) is 66.5 Å². The summed E-state index contributed by atoms with van der Waals surface area (Å²) in [6.45, 7) is 2.41. The number of carbonyl (C=O) groups is 1. The lowest BCUT2D eigenvalue weighted by atomic mass is 10.0. The zero-order chi connectivity index (χ0) is 18.7. The fraction of sp³-hybridized carbons (Fsp3) is 0.350. The number of hydrogen-bond acceptors (Lipinski definition) is 3. The number of sulfonamides is 1. The third-order valence-electron chi connectivity index (χ3n) is 4.75. The van der Waals surface area contributed by atoms with Gasteiger partial charge in [-0.1, -0.05) is 37.3 Å². The van der Waals surface area contributed by atoms with Crippen molar-refractivity contribution < 1.29 is 13.2 Å². The number of anilines is 1. The highest BCUT2D eigenvalue weighted by Crippen LogP contribution is 2.28. The first kappa shape index (κ1) is 18.6. The van der Waals surface area contributed by atoms with Crippen molar-refractivity contribution in [1.82, 2.24) is 4.72 Å². The highest BCUT2D eigenvalue weighted by atomic mass is 32.2. The van der Waals surface area contributed by atoms with E-state index in [1.807, 2.05) is 37.3 Å². The van der Waals surface area contributed by atoms with E-state index in [-0.39, 0.29) is 16.7 Å². The largest absolute Gasteiger partial charge is 0.315 e. The summed E-state index contributed by atoms with van der Waals surface area (Å²) < 4.78 is 28.0. The first-order chi connectivity index (χ1) is 12.4. The number of fused-ring (bicyclic) bond motifs is 1. The summed E-state index contributed by atoms with van der Waals surface area (Å²) in [5.74, 6) is 0.245. The van der Waals surface area contributed by atoms with Gasteiger partial charge in [0.25, 0.3) is 0 Å². The van der Waals surface area contributed by atoms with Gasteiger partial charge < -0.3 is 4.90 Å². The first-order valence-corrected chi connectivity index (χ1v) is 10.3. The van der Waals surface area contributed by atoms with Gasteiger partial charge in [-0.15, -0.1) is 0 Å². The Labute approximate surface area is 155 Å². The monoisotopic (exact) mass is 372 g/mol. The van der Waals surface area contributed by atoms with Gasteiger partial charge in [0.05, 0.1) is 4.90 Å². The van der Waals surface area contributed by atoms with Crippen LogP contribution >= 0.6 is 0 Å². The van der Waals surface area contributed by atoms with Crippen LogP contribution in [0.15, 0.2) is 53.4 Å². The van der Waals surface area contributed by atoms with Crippen molar-refractivity contribution in [2.75, 3.05) is 18.5 Å². The molecule has 0 saturated heterocycles. The standard InChI is InChI=1S/C20H24N2O3S/c1-15(12-16-6-4-3-5-7-16)14-21-26(24,25)18-9-10-19-17(13-18)8-11-20(23)22(19)2/h3-7,9-10,13,15,21H,8,11-12,14H2,1-2H3. The molecule has 0 radical (unpaired) electrons. The Morgan fingerprint density at radius 1 is 1.12 bits per heavy atom. The van der Waals surface area contributed by atoms with Crippen LogP contribution in [-0.4, -0.2) is 27.9 Å². The number of nitrogens with one attached hydrogen (secondary N) is 1. The minimum atomic E-state index is -3.57. The molecule has 1 heterocycles. The van der Waals surface area contributed by atoms with E-state index in [1.165, 1.54) is 5.56 Å². The lowest BCUT2D eigenvalue weighted by Crippen LogP contribution is -2.32. The summed E-state index contributed by atoms with van der Waals surface area (Å²) >= 11 is 0. The highest BCUT2D eigenvalue weighted by Gasteiger charge is 2.23. The van der Waals surface area contributed by atoms with Gasteiger partial charge in [-0.05, 0) is 48.1 Å². The van der Waals surface area contributed by atoms with Gasteiger partial charge in [0.1, 0.15) is 0 Å². The molecule has 1 aliphatic heterocycles. The van der Waals surface area contributed by atoms with Crippen LogP contribution in [0, 0.1) is 5.92 Å². The Morgan fingerprint density at radius 3 is 2.58 bits per heavy atom. The number of carbonyl (C=O) groups excluding carboxylic acids is 1. The van der Waals surface area contributed by atoms with E-state index < -0.39 is 10.0 Å². The fourth-order valence-electron chi connectivity index (χ4n) is 3.22. The van der Waals surface area contributed by atoms with Gasteiger partial charge >= 0.3 is 0 Å². The quantitative estimate of drug-likeness (QED) is 0.848. The Hall–Kier alpha value is -2.18. The van der Waals surface area contributed by atoms with Gasteiger partial charge in [-0.3, -0.25) is 4.79 Å². The van der Waals surface area contributed by atoms with E-state index in [0.717, 1.165) is 17.7 Å². The Kier molecular flexibility index (Phi) is 5.44. The number of hydrogen-bond donors (Lipinski definition) is 1. The zero-order valence-electron chi connectivity index (χ0n) is 15.1. The van der Waals surface area contributed by atoms with Crippen LogP contribution in [0.1, 0.15) is 24.5 Å².